The Morgan fingerprint density at radius 3 is 1.78 bits per heavy atom. The predicted octanol–water partition coefficient (Wildman–Crippen LogP) is 8.95. The van der Waals surface area contributed by atoms with Crippen LogP contribution in [-0.2, 0) is 0 Å². The third-order valence-electron chi connectivity index (χ3n) is 10.8. The van der Waals surface area contributed by atoms with Gasteiger partial charge in [-0.2, -0.15) is 0 Å². The fourth-order valence-electron chi connectivity index (χ4n) is 9.05. The molecule has 0 radical (unpaired) electrons. The van der Waals surface area contributed by atoms with Gasteiger partial charge in [0, 0.05) is 57.5 Å². The molecule has 46 heavy (non-hydrogen) atoms. The lowest BCUT2D eigenvalue weighted by Crippen LogP contribution is -2.61. The summed E-state index contributed by atoms with van der Waals surface area (Å²) in [5, 5.41) is 0. The van der Waals surface area contributed by atoms with Gasteiger partial charge >= 0.3 is 0 Å². The molecule has 6 aromatic rings. The molecule has 0 aromatic heterocycles. The number of fused-ring (bicyclic) bond motifs is 7. The summed E-state index contributed by atoms with van der Waals surface area (Å²) < 4.78 is 0. The molecule has 2 unspecified atom stereocenters. The molecule has 1 fully saturated rings. The van der Waals surface area contributed by atoms with Crippen LogP contribution in [0.2, 0.25) is 0 Å². The first-order valence-electron chi connectivity index (χ1n) is 16.8. The van der Waals surface area contributed by atoms with Crippen LogP contribution in [0.3, 0.4) is 0 Å². The lowest BCUT2D eigenvalue weighted by molar-refractivity contribution is 0.402. The molecule has 4 heteroatoms. The minimum absolute atomic E-state index is 0.122. The molecule has 3 nitrogen and oxygen atoms in total. The van der Waals surface area contributed by atoms with Crippen LogP contribution in [-0.4, -0.2) is 12.8 Å². The van der Waals surface area contributed by atoms with E-state index in [-0.39, 0.29) is 6.71 Å². The van der Waals surface area contributed by atoms with E-state index in [2.05, 4.69) is 160 Å². The fourth-order valence-corrected chi connectivity index (χ4v) is 9.05. The molecule has 220 valence electrons. The van der Waals surface area contributed by atoms with Crippen molar-refractivity contribution in [1.29, 1.82) is 0 Å². The Balaban J connectivity index is 1.24. The number of para-hydroxylation sites is 4. The second-order valence-corrected chi connectivity index (χ2v) is 13.2. The zero-order chi connectivity index (χ0) is 30.2. The molecule has 1 saturated carbocycles. The normalized spacial score (nSPS) is 18.8. The fraction of sp³-hybridized carbons (Fsp3) is 0.143. The second-order valence-electron chi connectivity index (χ2n) is 13.2. The quantitative estimate of drug-likeness (QED) is 0.190. The Morgan fingerprint density at radius 2 is 1.04 bits per heavy atom. The lowest BCUT2D eigenvalue weighted by Gasteiger charge is -2.44. The van der Waals surface area contributed by atoms with Crippen LogP contribution >= 0.6 is 0 Å². The number of hydrogen-bond acceptors (Lipinski definition) is 3. The zero-order valence-electron chi connectivity index (χ0n) is 25.8. The number of anilines is 8. The molecule has 0 bridgehead atoms. The second kappa shape index (κ2) is 10.2. The van der Waals surface area contributed by atoms with E-state index in [4.69, 9.17) is 0 Å². The van der Waals surface area contributed by atoms with Crippen LogP contribution in [0.25, 0.3) is 0 Å². The molecule has 3 heterocycles. The van der Waals surface area contributed by atoms with Crippen molar-refractivity contribution in [2.75, 3.05) is 14.7 Å². The monoisotopic (exact) mass is 591 g/mol. The molecule has 0 N–H and O–H groups in total. The van der Waals surface area contributed by atoms with Crippen LogP contribution in [0.15, 0.2) is 146 Å². The van der Waals surface area contributed by atoms with Crippen LogP contribution in [0.4, 0.5) is 45.5 Å². The van der Waals surface area contributed by atoms with E-state index in [1.54, 1.807) is 0 Å². The summed E-state index contributed by atoms with van der Waals surface area (Å²) in [6.07, 6.45) is 5.17. The molecule has 10 rings (SSSR count). The molecule has 4 aliphatic rings. The van der Waals surface area contributed by atoms with Crippen molar-refractivity contribution in [1.82, 2.24) is 0 Å². The Kier molecular flexibility index (Phi) is 5.75. The van der Waals surface area contributed by atoms with E-state index >= 15 is 0 Å². The first-order chi connectivity index (χ1) is 22.9. The summed E-state index contributed by atoms with van der Waals surface area (Å²) in [4.78, 5) is 7.65. The van der Waals surface area contributed by atoms with Crippen LogP contribution in [0.1, 0.15) is 37.2 Å². The largest absolute Gasteiger partial charge is 0.338 e. The highest BCUT2D eigenvalue weighted by Gasteiger charge is 2.45. The predicted molar refractivity (Wildman–Crippen MR) is 194 cm³/mol. The Morgan fingerprint density at radius 1 is 0.457 bits per heavy atom. The standard InChI is InChI=1S/C42H34BN3/c1-3-14-29(15-4-1)44-38-23-12-9-20-34(38)43-35-28-31(46-36-21-10-7-18-32(36)33-19-8-11-22-37(33)46)26-27-39(35)45(30-16-5-2-6-17-30)41-25-13-24-40(44)42(41)43/h1-7,9-10,12-18,20-21,23-28,33,37H,8,11,19,22H2. The van der Waals surface area contributed by atoms with Gasteiger partial charge in [-0.3, -0.25) is 0 Å². The molecule has 1 aliphatic carbocycles. The van der Waals surface area contributed by atoms with Crippen LogP contribution in [0.5, 0.6) is 0 Å². The minimum atomic E-state index is 0.122. The molecule has 0 amide bonds. The molecule has 3 aliphatic heterocycles. The van der Waals surface area contributed by atoms with E-state index in [1.807, 2.05) is 0 Å². The van der Waals surface area contributed by atoms with Crippen molar-refractivity contribution in [3.63, 3.8) is 0 Å². The van der Waals surface area contributed by atoms with Crippen LogP contribution in [0, 0.1) is 0 Å². The summed E-state index contributed by atoms with van der Waals surface area (Å²) in [7, 11) is 0. The highest BCUT2D eigenvalue weighted by molar-refractivity contribution is 7.00. The maximum atomic E-state index is 2.69. The van der Waals surface area contributed by atoms with Crippen molar-refractivity contribution in [3.05, 3.63) is 151 Å². The first kappa shape index (κ1) is 26.0. The number of hydrogen-bond donors (Lipinski definition) is 0. The smallest absolute Gasteiger partial charge is 0.252 e. The summed E-state index contributed by atoms with van der Waals surface area (Å²) in [6, 6.07) is 54.7. The maximum absolute atomic E-state index is 2.69. The van der Waals surface area contributed by atoms with Gasteiger partial charge in [-0.1, -0.05) is 91.7 Å². The summed E-state index contributed by atoms with van der Waals surface area (Å²) >= 11 is 0. The first-order valence-corrected chi connectivity index (χ1v) is 16.8. The summed E-state index contributed by atoms with van der Waals surface area (Å²) in [6.45, 7) is 0.122. The Labute approximate surface area is 271 Å². The van der Waals surface area contributed by atoms with Crippen molar-refractivity contribution in [3.8, 4) is 0 Å². The molecule has 0 saturated heterocycles. The van der Waals surface area contributed by atoms with E-state index in [0.717, 1.165) is 0 Å². The topological polar surface area (TPSA) is 9.72 Å². The average molecular weight is 592 g/mol. The third kappa shape index (κ3) is 3.67. The van der Waals surface area contributed by atoms with Crippen molar-refractivity contribution in [2.24, 2.45) is 0 Å². The molecular formula is C42H34BN3. The van der Waals surface area contributed by atoms with E-state index in [9.17, 15) is 0 Å². The van der Waals surface area contributed by atoms with Crippen molar-refractivity contribution in [2.45, 2.75) is 37.6 Å². The van der Waals surface area contributed by atoms with Gasteiger partial charge in [-0.25, -0.2) is 0 Å². The highest BCUT2D eigenvalue weighted by Crippen LogP contribution is 2.51. The number of nitrogens with zero attached hydrogens (tertiary/aromatic N) is 3. The van der Waals surface area contributed by atoms with Gasteiger partial charge in [0.25, 0.3) is 6.71 Å². The van der Waals surface area contributed by atoms with Gasteiger partial charge in [0.15, 0.2) is 0 Å². The highest BCUT2D eigenvalue weighted by atomic mass is 15.2. The zero-order valence-corrected chi connectivity index (χ0v) is 25.8. The maximum Gasteiger partial charge on any atom is 0.252 e. The van der Waals surface area contributed by atoms with E-state index < -0.39 is 0 Å². The SMILES string of the molecule is c1ccc(N2c3ccccc3B3c4cc(N5c6ccccc6C6CCCCC65)ccc4N(c4ccccc4)c4cccc2c43)cc1. The van der Waals surface area contributed by atoms with Gasteiger partial charge in [-0.05, 0) is 102 Å². The van der Waals surface area contributed by atoms with Gasteiger partial charge < -0.3 is 14.7 Å². The summed E-state index contributed by atoms with van der Waals surface area (Å²) in [5.41, 5.74) is 15.7. The average Bonchev–Trinajstić information content (AvgIpc) is 3.46. The van der Waals surface area contributed by atoms with Gasteiger partial charge in [-0.15, -0.1) is 0 Å². The summed E-state index contributed by atoms with van der Waals surface area (Å²) in [5.74, 6) is 0.615. The van der Waals surface area contributed by atoms with Gasteiger partial charge in [0.05, 0.1) is 0 Å². The van der Waals surface area contributed by atoms with Gasteiger partial charge in [0.1, 0.15) is 0 Å². The lowest BCUT2D eigenvalue weighted by atomic mass is 9.33. The van der Waals surface area contributed by atoms with Crippen molar-refractivity contribution >= 4 is 68.6 Å². The molecule has 6 aromatic carbocycles. The number of rotatable bonds is 3. The molecular weight excluding hydrogens is 557 g/mol. The Bertz CT molecular complexity index is 2100. The molecule has 2 atom stereocenters. The third-order valence-corrected chi connectivity index (χ3v) is 10.8. The number of benzene rings is 6. The Hall–Kier alpha value is -5.22. The van der Waals surface area contributed by atoms with E-state index in [0.29, 0.717) is 12.0 Å². The van der Waals surface area contributed by atoms with Crippen LogP contribution < -0.4 is 31.1 Å². The minimum Gasteiger partial charge on any atom is -0.338 e. The van der Waals surface area contributed by atoms with Crippen molar-refractivity contribution < 1.29 is 0 Å². The van der Waals surface area contributed by atoms with Gasteiger partial charge in [0.2, 0.25) is 0 Å². The molecule has 0 spiro atoms. The van der Waals surface area contributed by atoms with E-state index in [1.165, 1.54) is 93.1 Å².